The van der Waals surface area contributed by atoms with Gasteiger partial charge in [-0.1, -0.05) is 37.3 Å². The summed E-state index contributed by atoms with van der Waals surface area (Å²) in [6, 6.07) is 14.4. The van der Waals surface area contributed by atoms with E-state index in [0.29, 0.717) is 23.3 Å². The fraction of sp³-hybridized carbons (Fsp3) is 0.176. The molecule has 1 aliphatic heterocycles. The summed E-state index contributed by atoms with van der Waals surface area (Å²) in [7, 11) is 0. The number of rotatable bonds is 2. The molecule has 2 aromatic carbocycles. The molecule has 1 atom stereocenters. The Morgan fingerprint density at radius 1 is 1.10 bits per heavy atom. The molecule has 0 radical (unpaired) electrons. The molecule has 0 N–H and O–H groups in total. The van der Waals surface area contributed by atoms with Gasteiger partial charge in [-0.15, -0.1) is 0 Å². The highest BCUT2D eigenvalue weighted by atomic mass is 16.5. The molecule has 3 nitrogen and oxygen atoms in total. The van der Waals surface area contributed by atoms with Gasteiger partial charge in [0.25, 0.3) is 0 Å². The van der Waals surface area contributed by atoms with E-state index >= 15 is 0 Å². The van der Waals surface area contributed by atoms with Gasteiger partial charge in [0.05, 0.1) is 5.92 Å². The van der Waals surface area contributed by atoms with E-state index in [0.717, 1.165) is 5.56 Å². The van der Waals surface area contributed by atoms with E-state index in [-0.39, 0.29) is 17.7 Å². The third kappa shape index (κ3) is 2.23. The van der Waals surface area contributed by atoms with Crippen LogP contribution in [0.3, 0.4) is 0 Å². The molecule has 100 valence electrons. The van der Waals surface area contributed by atoms with E-state index in [9.17, 15) is 9.59 Å². The van der Waals surface area contributed by atoms with Gasteiger partial charge in [-0.25, -0.2) is 0 Å². The van der Waals surface area contributed by atoms with Crippen LogP contribution in [-0.4, -0.2) is 11.8 Å². The van der Waals surface area contributed by atoms with Crippen LogP contribution in [0.4, 0.5) is 0 Å². The quantitative estimate of drug-likeness (QED) is 0.477. The highest BCUT2D eigenvalue weighted by Crippen LogP contribution is 2.29. The van der Waals surface area contributed by atoms with Crippen LogP contribution in [0.5, 0.6) is 5.75 Å². The van der Waals surface area contributed by atoms with E-state index in [2.05, 4.69) is 0 Å². The summed E-state index contributed by atoms with van der Waals surface area (Å²) in [6.07, 6.45) is 0.615. The monoisotopic (exact) mass is 266 g/mol. The third-order valence-corrected chi connectivity index (χ3v) is 3.50. The van der Waals surface area contributed by atoms with Crippen LogP contribution in [0.1, 0.15) is 28.4 Å². The predicted octanol–water partition coefficient (Wildman–Crippen LogP) is 3.02. The van der Waals surface area contributed by atoms with Crippen LogP contribution < -0.4 is 4.74 Å². The smallest absolute Gasteiger partial charge is 0.314 e. The molecule has 2 aromatic rings. The first-order chi connectivity index (χ1) is 9.65. The molecular formula is C17H14O3. The first kappa shape index (κ1) is 12.6. The van der Waals surface area contributed by atoms with Gasteiger partial charge < -0.3 is 4.74 Å². The number of benzene rings is 2. The van der Waals surface area contributed by atoms with Crippen LogP contribution >= 0.6 is 0 Å². The zero-order chi connectivity index (χ0) is 14.1. The number of carbonyl (C=O) groups excluding carboxylic acids is 2. The molecule has 1 heterocycles. The van der Waals surface area contributed by atoms with Crippen molar-refractivity contribution >= 4 is 11.8 Å². The minimum absolute atomic E-state index is 0.0158. The van der Waals surface area contributed by atoms with Crippen molar-refractivity contribution in [2.75, 3.05) is 0 Å². The van der Waals surface area contributed by atoms with Crippen molar-refractivity contribution in [1.29, 1.82) is 0 Å². The van der Waals surface area contributed by atoms with E-state index in [1.807, 2.05) is 31.2 Å². The molecule has 0 saturated carbocycles. The summed E-state index contributed by atoms with van der Waals surface area (Å²) < 4.78 is 5.23. The molecular weight excluding hydrogens is 252 g/mol. The molecule has 0 aliphatic carbocycles. The van der Waals surface area contributed by atoms with Gasteiger partial charge in [0, 0.05) is 11.1 Å². The topological polar surface area (TPSA) is 43.4 Å². The number of hydrogen-bond donors (Lipinski definition) is 0. The Hall–Kier alpha value is -2.42. The molecule has 1 aliphatic rings. The summed E-state index contributed by atoms with van der Waals surface area (Å²) in [5, 5.41) is 0. The molecule has 0 amide bonds. The molecule has 0 spiro atoms. The Bertz CT molecular complexity index is 674. The lowest BCUT2D eigenvalue weighted by atomic mass is 9.94. The molecule has 0 unspecified atom stereocenters. The predicted molar refractivity (Wildman–Crippen MR) is 74.8 cm³/mol. The SMILES string of the molecule is C[C@@H]1Cc2cc(C(=O)c3ccccc3)ccc2OC1=O. The number of carbonyl (C=O) groups is 2. The lowest BCUT2D eigenvalue weighted by molar-refractivity contribution is -0.139. The van der Waals surface area contributed by atoms with Crippen molar-refractivity contribution in [2.24, 2.45) is 5.92 Å². The fourth-order valence-corrected chi connectivity index (χ4v) is 2.36. The number of ether oxygens (including phenoxy) is 1. The van der Waals surface area contributed by atoms with Crippen LogP contribution in [-0.2, 0) is 11.2 Å². The van der Waals surface area contributed by atoms with Gasteiger partial charge in [0.1, 0.15) is 5.75 Å². The molecule has 0 aromatic heterocycles. The van der Waals surface area contributed by atoms with Gasteiger partial charge in [-0.3, -0.25) is 9.59 Å². The Morgan fingerprint density at radius 3 is 2.60 bits per heavy atom. The first-order valence-corrected chi connectivity index (χ1v) is 6.59. The summed E-state index contributed by atoms with van der Waals surface area (Å²) in [5.74, 6) is 0.180. The van der Waals surface area contributed by atoms with E-state index in [1.54, 1.807) is 24.3 Å². The summed E-state index contributed by atoms with van der Waals surface area (Å²) in [6.45, 7) is 1.83. The Kier molecular flexibility index (Phi) is 3.11. The average Bonchev–Trinajstić information content (AvgIpc) is 2.48. The maximum absolute atomic E-state index is 12.4. The number of fused-ring (bicyclic) bond motifs is 1. The normalized spacial score (nSPS) is 17.2. The van der Waals surface area contributed by atoms with Crippen molar-refractivity contribution in [3.63, 3.8) is 0 Å². The standard InChI is InChI=1S/C17H14O3/c1-11-9-14-10-13(7-8-15(14)20-17(11)19)16(18)12-5-3-2-4-6-12/h2-8,10-11H,9H2,1H3/t11-/m1/s1. The van der Waals surface area contributed by atoms with Crippen molar-refractivity contribution in [3.8, 4) is 5.75 Å². The molecule has 0 fully saturated rings. The van der Waals surface area contributed by atoms with Crippen molar-refractivity contribution < 1.29 is 14.3 Å². The summed E-state index contributed by atoms with van der Waals surface area (Å²) >= 11 is 0. The largest absolute Gasteiger partial charge is 0.426 e. The minimum Gasteiger partial charge on any atom is -0.426 e. The Balaban J connectivity index is 1.95. The molecule has 0 saturated heterocycles. The first-order valence-electron chi connectivity index (χ1n) is 6.59. The second kappa shape index (κ2) is 4.93. The third-order valence-electron chi connectivity index (χ3n) is 3.50. The second-order valence-corrected chi connectivity index (χ2v) is 5.04. The van der Waals surface area contributed by atoms with Gasteiger partial charge >= 0.3 is 5.97 Å². The average molecular weight is 266 g/mol. The highest BCUT2D eigenvalue weighted by Gasteiger charge is 2.25. The Labute approximate surface area is 117 Å². The lowest BCUT2D eigenvalue weighted by Crippen LogP contribution is -2.25. The van der Waals surface area contributed by atoms with Crippen molar-refractivity contribution in [1.82, 2.24) is 0 Å². The molecule has 3 heteroatoms. The van der Waals surface area contributed by atoms with Crippen LogP contribution in [0.2, 0.25) is 0 Å². The number of ketones is 1. The van der Waals surface area contributed by atoms with Crippen LogP contribution in [0, 0.1) is 5.92 Å². The minimum atomic E-state index is -0.209. The molecule has 20 heavy (non-hydrogen) atoms. The van der Waals surface area contributed by atoms with E-state index < -0.39 is 0 Å². The number of hydrogen-bond acceptors (Lipinski definition) is 3. The van der Waals surface area contributed by atoms with Crippen molar-refractivity contribution in [3.05, 3.63) is 65.2 Å². The van der Waals surface area contributed by atoms with Crippen LogP contribution in [0.25, 0.3) is 0 Å². The fourth-order valence-electron chi connectivity index (χ4n) is 2.36. The molecule has 3 rings (SSSR count). The lowest BCUT2D eigenvalue weighted by Gasteiger charge is -2.20. The van der Waals surface area contributed by atoms with Crippen molar-refractivity contribution in [2.45, 2.75) is 13.3 Å². The highest BCUT2D eigenvalue weighted by molar-refractivity contribution is 6.09. The van der Waals surface area contributed by atoms with Gasteiger partial charge in [0.15, 0.2) is 5.78 Å². The van der Waals surface area contributed by atoms with E-state index in [1.165, 1.54) is 0 Å². The van der Waals surface area contributed by atoms with E-state index in [4.69, 9.17) is 4.74 Å². The maximum Gasteiger partial charge on any atom is 0.314 e. The Morgan fingerprint density at radius 2 is 1.85 bits per heavy atom. The van der Waals surface area contributed by atoms with Gasteiger partial charge in [0.2, 0.25) is 0 Å². The second-order valence-electron chi connectivity index (χ2n) is 5.04. The maximum atomic E-state index is 12.4. The summed E-state index contributed by atoms with van der Waals surface area (Å²) in [5.41, 5.74) is 2.20. The van der Waals surface area contributed by atoms with Gasteiger partial charge in [-0.2, -0.15) is 0 Å². The molecule has 0 bridgehead atoms. The zero-order valence-corrected chi connectivity index (χ0v) is 11.1. The number of esters is 1. The zero-order valence-electron chi connectivity index (χ0n) is 11.1. The van der Waals surface area contributed by atoms with Crippen LogP contribution in [0.15, 0.2) is 48.5 Å². The summed E-state index contributed by atoms with van der Waals surface area (Å²) in [4.78, 5) is 23.9. The van der Waals surface area contributed by atoms with Gasteiger partial charge in [-0.05, 0) is 30.2 Å².